The zero-order valence-corrected chi connectivity index (χ0v) is 23.7. The van der Waals surface area contributed by atoms with Crippen LogP contribution in [-0.4, -0.2) is 46.1 Å². The van der Waals surface area contributed by atoms with Crippen LogP contribution in [0.15, 0.2) is 24.3 Å². The van der Waals surface area contributed by atoms with Crippen molar-refractivity contribution in [2.45, 2.75) is 92.3 Å². The predicted octanol–water partition coefficient (Wildman–Crippen LogP) is 5.91. The first-order valence-corrected chi connectivity index (χ1v) is 13.6. The van der Waals surface area contributed by atoms with E-state index in [1.54, 1.807) is 4.90 Å². The normalized spacial score (nSPS) is 17.7. The highest BCUT2D eigenvalue weighted by atomic mass is 16.6. The molecule has 0 radical (unpaired) electrons. The van der Waals surface area contributed by atoms with Gasteiger partial charge in [0.2, 0.25) is 0 Å². The third-order valence-corrected chi connectivity index (χ3v) is 6.95. The summed E-state index contributed by atoms with van der Waals surface area (Å²) in [5, 5.41) is 2.90. The number of carbonyl (C=O) groups excluding carboxylic acids is 3. The van der Waals surface area contributed by atoms with Gasteiger partial charge < -0.3 is 15.0 Å². The van der Waals surface area contributed by atoms with Crippen molar-refractivity contribution in [3.63, 3.8) is 0 Å². The number of nitrogens with zero attached hydrogens (tertiary/aromatic N) is 3. The zero-order chi connectivity index (χ0) is 27.8. The lowest BCUT2D eigenvalue weighted by atomic mass is 9.91. The molecule has 2 aromatic rings. The Morgan fingerprint density at radius 2 is 1.82 bits per heavy atom. The van der Waals surface area contributed by atoms with Crippen LogP contribution in [0.3, 0.4) is 0 Å². The maximum absolute atomic E-state index is 13.7. The van der Waals surface area contributed by atoms with Crippen LogP contribution in [0.25, 0.3) is 11.1 Å². The molecule has 3 heterocycles. The van der Waals surface area contributed by atoms with Gasteiger partial charge in [-0.15, -0.1) is 0 Å². The molecule has 1 aromatic carbocycles. The lowest BCUT2D eigenvalue weighted by Gasteiger charge is -2.27. The Morgan fingerprint density at radius 1 is 1.13 bits per heavy atom. The molecule has 4 amide bonds. The van der Waals surface area contributed by atoms with Gasteiger partial charge in [-0.05, 0) is 71.8 Å². The van der Waals surface area contributed by atoms with Crippen LogP contribution < -0.4 is 10.2 Å². The fraction of sp³-hybridized carbons (Fsp3) is 0.533. The van der Waals surface area contributed by atoms with E-state index in [0.29, 0.717) is 36.7 Å². The van der Waals surface area contributed by atoms with Crippen molar-refractivity contribution >= 4 is 23.7 Å². The molecule has 0 bridgehead atoms. The van der Waals surface area contributed by atoms with Gasteiger partial charge in [0.15, 0.2) is 0 Å². The van der Waals surface area contributed by atoms with E-state index in [9.17, 15) is 14.4 Å². The monoisotopic (exact) mass is 520 g/mol. The first-order valence-electron chi connectivity index (χ1n) is 13.6. The first-order chi connectivity index (χ1) is 17.9. The molecule has 8 heteroatoms. The number of urea groups is 1. The molecule has 1 unspecified atom stereocenters. The summed E-state index contributed by atoms with van der Waals surface area (Å²) in [7, 11) is 0. The van der Waals surface area contributed by atoms with Crippen molar-refractivity contribution in [1.82, 2.24) is 15.2 Å². The molecule has 0 aliphatic carbocycles. The fourth-order valence-electron chi connectivity index (χ4n) is 5.31. The number of fused-ring (bicyclic) bond motifs is 1. The number of hydrogen-bond donors (Lipinski definition) is 1. The smallest absolute Gasteiger partial charge is 0.407 e. The van der Waals surface area contributed by atoms with Gasteiger partial charge in [-0.25, -0.2) is 14.5 Å². The molecule has 2 aliphatic heterocycles. The van der Waals surface area contributed by atoms with Crippen molar-refractivity contribution in [3.8, 4) is 11.1 Å². The highest BCUT2D eigenvalue weighted by molar-refractivity contribution is 6.23. The lowest BCUT2D eigenvalue weighted by Crippen LogP contribution is -2.39. The average molecular weight is 521 g/mol. The van der Waals surface area contributed by atoms with E-state index in [4.69, 9.17) is 9.72 Å². The van der Waals surface area contributed by atoms with Crippen LogP contribution in [0.4, 0.5) is 15.3 Å². The van der Waals surface area contributed by atoms with E-state index in [-0.39, 0.29) is 18.5 Å². The van der Waals surface area contributed by atoms with Crippen LogP contribution >= 0.6 is 0 Å². The Labute approximate surface area is 225 Å². The molecule has 2 aliphatic rings. The topological polar surface area (TPSA) is 91.8 Å². The minimum atomic E-state index is -0.638. The average Bonchev–Trinajstić information content (AvgIpc) is 3.07. The summed E-state index contributed by atoms with van der Waals surface area (Å²) in [5.41, 5.74) is 4.84. The lowest BCUT2D eigenvalue weighted by molar-refractivity contribution is -0.120. The third kappa shape index (κ3) is 5.69. The molecule has 8 nitrogen and oxygen atoms in total. The van der Waals surface area contributed by atoms with Gasteiger partial charge in [-0.3, -0.25) is 9.78 Å². The molecule has 4 rings (SSSR count). The van der Waals surface area contributed by atoms with Gasteiger partial charge in [0, 0.05) is 29.9 Å². The van der Waals surface area contributed by atoms with E-state index in [1.807, 2.05) is 58.9 Å². The Balaban J connectivity index is 1.90. The molecule has 0 saturated carbocycles. The SMILES string of the molecule is Cc1ccc(-c2c(CNC(=O)OC(C)(C)C)c(CC(C)C)nc(C)c2N2C(=O)C3CCCCN3C2=O)cc1. The van der Waals surface area contributed by atoms with Crippen molar-refractivity contribution < 1.29 is 19.1 Å². The van der Waals surface area contributed by atoms with E-state index < -0.39 is 17.7 Å². The van der Waals surface area contributed by atoms with Crippen LogP contribution in [0.5, 0.6) is 0 Å². The molecule has 1 aromatic heterocycles. The number of rotatable bonds is 6. The number of nitrogens with one attached hydrogen (secondary N) is 1. The minimum Gasteiger partial charge on any atom is -0.444 e. The number of piperidine rings is 1. The van der Waals surface area contributed by atoms with Crippen molar-refractivity contribution in [1.29, 1.82) is 0 Å². The number of hydrogen-bond acceptors (Lipinski definition) is 5. The van der Waals surface area contributed by atoms with Crippen molar-refractivity contribution in [2.75, 3.05) is 11.4 Å². The molecule has 38 heavy (non-hydrogen) atoms. The third-order valence-electron chi connectivity index (χ3n) is 6.95. The van der Waals surface area contributed by atoms with Crippen LogP contribution in [0.1, 0.15) is 76.4 Å². The number of aryl methyl sites for hydroxylation is 2. The Hall–Kier alpha value is -3.42. The fourth-order valence-corrected chi connectivity index (χ4v) is 5.31. The zero-order valence-electron chi connectivity index (χ0n) is 23.7. The number of pyridine rings is 1. The quantitative estimate of drug-likeness (QED) is 0.478. The Bertz CT molecular complexity index is 1210. The standard InChI is InChI=1S/C30H40N4O4/c1-18(2)16-23-22(17-31-28(36)38-30(5,6)7)25(21-13-11-19(3)12-14-21)26(20(4)32-23)34-27(35)24-10-8-9-15-33(24)29(34)37/h11-14,18,24H,8-10,15-17H2,1-7H3,(H,31,36). The van der Waals surface area contributed by atoms with Crippen molar-refractivity contribution in [2.24, 2.45) is 5.92 Å². The van der Waals surface area contributed by atoms with E-state index in [1.165, 1.54) is 4.90 Å². The highest BCUT2D eigenvalue weighted by Gasteiger charge is 2.48. The molecule has 1 atom stereocenters. The van der Waals surface area contributed by atoms with E-state index in [0.717, 1.165) is 40.8 Å². The number of anilines is 1. The Kier molecular flexibility index (Phi) is 7.81. The summed E-state index contributed by atoms with van der Waals surface area (Å²) in [6, 6.07) is 7.31. The summed E-state index contributed by atoms with van der Waals surface area (Å²) in [4.78, 5) is 48.0. The molecule has 0 spiro atoms. The number of aromatic nitrogens is 1. The van der Waals surface area contributed by atoms with Gasteiger partial charge in [0.25, 0.3) is 5.91 Å². The molecule has 204 valence electrons. The summed E-state index contributed by atoms with van der Waals surface area (Å²) in [6.45, 7) is 14.3. The maximum atomic E-state index is 13.7. The number of benzene rings is 1. The molecular formula is C30H40N4O4. The second-order valence-electron chi connectivity index (χ2n) is 11.8. The second-order valence-corrected chi connectivity index (χ2v) is 11.8. The number of alkyl carbamates (subject to hydrolysis) is 1. The summed E-state index contributed by atoms with van der Waals surface area (Å²) >= 11 is 0. The van der Waals surface area contributed by atoms with Gasteiger partial charge in [-0.1, -0.05) is 43.7 Å². The maximum Gasteiger partial charge on any atom is 0.407 e. The van der Waals surface area contributed by atoms with Crippen LogP contribution in [-0.2, 0) is 22.5 Å². The number of ether oxygens (including phenoxy) is 1. The first kappa shape index (κ1) is 27.6. The largest absolute Gasteiger partial charge is 0.444 e. The van der Waals surface area contributed by atoms with Gasteiger partial charge in [0.05, 0.1) is 11.4 Å². The molecule has 2 fully saturated rings. The summed E-state index contributed by atoms with van der Waals surface area (Å²) < 4.78 is 5.50. The summed E-state index contributed by atoms with van der Waals surface area (Å²) in [6.07, 6.45) is 2.64. The van der Waals surface area contributed by atoms with Crippen LogP contribution in [0.2, 0.25) is 0 Å². The molecular weight excluding hydrogens is 480 g/mol. The molecule has 2 saturated heterocycles. The Morgan fingerprint density at radius 3 is 2.42 bits per heavy atom. The highest BCUT2D eigenvalue weighted by Crippen LogP contribution is 2.42. The second kappa shape index (κ2) is 10.8. The number of imide groups is 1. The number of carbonyl (C=O) groups is 3. The predicted molar refractivity (Wildman–Crippen MR) is 148 cm³/mol. The summed E-state index contributed by atoms with van der Waals surface area (Å²) in [5.74, 6) is 0.110. The van der Waals surface area contributed by atoms with E-state index in [2.05, 4.69) is 19.2 Å². The molecule has 1 N–H and O–H groups in total. The van der Waals surface area contributed by atoms with Crippen molar-refractivity contribution in [3.05, 3.63) is 46.8 Å². The minimum absolute atomic E-state index is 0.157. The number of amides is 4. The van der Waals surface area contributed by atoms with Gasteiger partial charge in [0.1, 0.15) is 11.6 Å². The van der Waals surface area contributed by atoms with Crippen LogP contribution in [0, 0.1) is 19.8 Å². The van der Waals surface area contributed by atoms with Gasteiger partial charge in [-0.2, -0.15) is 0 Å². The van der Waals surface area contributed by atoms with Gasteiger partial charge >= 0.3 is 12.1 Å². The van der Waals surface area contributed by atoms with E-state index >= 15 is 0 Å².